The number of carboxylic acid groups (broad SMARTS) is 1. The molecule has 0 aromatic heterocycles. The van der Waals surface area contributed by atoms with Gasteiger partial charge in [-0.2, -0.15) is 0 Å². The van der Waals surface area contributed by atoms with Crippen molar-refractivity contribution < 1.29 is 19.4 Å². The molecule has 1 heterocycles. The van der Waals surface area contributed by atoms with E-state index in [2.05, 4.69) is 17.1 Å². The van der Waals surface area contributed by atoms with Crippen molar-refractivity contribution in [3.05, 3.63) is 65.7 Å². The summed E-state index contributed by atoms with van der Waals surface area (Å²) in [4.78, 5) is 30.0. The highest BCUT2D eigenvalue weighted by molar-refractivity contribution is 5.85. The van der Waals surface area contributed by atoms with E-state index in [-0.39, 0.29) is 24.3 Å². The quantitative estimate of drug-likeness (QED) is 0.236. The highest BCUT2D eigenvalue weighted by Crippen LogP contribution is 2.29. The maximum atomic E-state index is 12.9. The molecule has 8 nitrogen and oxygen atoms in total. The Labute approximate surface area is 200 Å². The number of rotatable bonds is 13. The van der Waals surface area contributed by atoms with Crippen molar-refractivity contribution in [1.82, 2.24) is 4.90 Å². The summed E-state index contributed by atoms with van der Waals surface area (Å²) in [6.45, 7) is 1.49. The summed E-state index contributed by atoms with van der Waals surface area (Å²) in [5, 5.41) is 9.22. The second-order valence-corrected chi connectivity index (χ2v) is 8.67. The third-order valence-corrected chi connectivity index (χ3v) is 6.02. The molecule has 0 radical (unpaired) electrons. The lowest BCUT2D eigenvalue weighted by molar-refractivity contribution is -0.142. The highest BCUT2D eigenvalue weighted by Gasteiger charge is 2.40. The lowest BCUT2D eigenvalue weighted by atomic mass is 10.0. The van der Waals surface area contributed by atoms with Crippen LogP contribution in [0.3, 0.4) is 0 Å². The Balaban J connectivity index is 1.57. The Kier molecular flexibility index (Phi) is 9.31. The smallest absolute Gasteiger partial charge is 0.304 e. The van der Waals surface area contributed by atoms with E-state index in [0.29, 0.717) is 26.1 Å². The fourth-order valence-corrected chi connectivity index (χ4v) is 4.38. The van der Waals surface area contributed by atoms with Crippen molar-refractivity contribution in [3.63, 3.8) is 0 Å². The van der Waals surface area contributed by atoms with Gasteiger partial charge in [0.25, 0.3) is 0 Å². The van der Waals surface area contributed by atoms with Crippen molar-refractivity contribution in [1.29, 1.82) is 0 Å². The summed E-state index contributed by atoms with van der Waals surface area (Å²) in [5.74, 6) is -0.699. The Morgan fingerprint density at radius 3 is 2.53 bits per heavy atom. The van der Waals surface area contributed by atoms with Crippen LogP contribution in [0.2, 0.25) is 0 Å². The molecule has 2 atom stereocenters. The van der Waals surface area contributed by atoms with E-state index in [0.717, 1.165) is 37.0 Å². The number of aryl methyl sites for hydroxylation is 2. The molecule has 0 aliphatic carbocycles. The van der Waals surface area contributed by atoms with Crippen LogP contribution in [0.25, 0.3) is 0 Å². The van der Waals surface area contributed by atoms with E-state index in [1.54, 1.807) is 0 Å². The Hall–Kier alpha value is -3.55. The minimum atomic E-state index is -0.947. The zero-order valence-electron chi connectivity index (χ0n) is 19.4. The van der Waals surface area contributed by atoms with Gasteiger partial charge >= 0.3 is 5.97 Å². The number of aliphatic carboxylic acids is 1. The Morgan fingerprint density at radius 2 is 1.79 bits per heavy atom. The molecule has 182 valence electrons. The number of carboxylic acids is 1. The van der Waals surface area contributed by atoms with E-state index in [1.807, 2.05) is 47.4 Å². The van der Waals surface area contributed by atoms with Gasteiger partial charge in [0.05, 0.1) is 18.4 Å². The van der Waals surface area contributed by atoms with Gasteiger partial charge in [0.1, 0.15) is 12.4 Å². The average Bonchev–Trinajstić information content (AvgIpc) is 3.10. The van der Waals surface area contributed by atoms with Gasteiger partial charge in [0.2, 0.25) is 5.91 Å². The molecule has 2 aromatic rings. The van der Waals surface area contributed by atoms with Crippen LogP contribution in [-0.2, 0) is 22.4 Å². The van der Waals surface area contributed by atoms with Gasteiger partial charge in [-0.25, -0.2) is 0 Å². The molecule has 1 amide bonds. The maximum Gasteiger partial charge on any atom is 0.304 e. The van der Waals surface area contributed by atoms with Crippen LogP contribution in [-0.4, -0.2) is 53.6 Å². The molecular weight excluding hydrogens is 432 g/mol. The van der Waals surface area contributed by atoms with Crippen LogP contribution in [0.5, 0.6) is 5.75 Å². The molecular formula is C26H34N4O4. The lowest BCUT2D eigenvalue weighted by Gasteiger charge is -2.25. The number of carbonyl (C=O) groups excluding carboxylic acids is 1. The number of carbonyl (C=O) groups is 2. The normalized spacial score (nSPS) is 17.5. The Morgan fingerprint density at radius 1 is 1.06 bits per heavy atom. The first-order valence-electron chi connectivity index (χ1n) is 11.8. The molecule has 1 aliphatic heterocycles. The predicted molar refractivity (Wildman–Crippen MR) is 132 cm³/mol. The standard InChI is InChI=1S/C26H34N4O4/c27-26(28)29-13-5-10-20-9-4-12-23(15-20)34-18-22-16-21(17-24(31)32)25(33)30(22)14-6-11-19-7-2-1-3-8-19/h1-4,7-9,12,15,21-22H,5-6,10-11,13-14,16-18H2,(H,31,32)(H4,27,28,29)/t21-,22-/m0/s1. The Bertz CT molecular complexity index is 976. The number of hydrogen-bond acceptors (Lipinski definition) is 4. The number of guanidine groups is 1. The maximum absolute atomic E-state index is 12.9. The summed E-state index contributed by atoms with van der Waals surface area (Å²) in [6.07, 6.45) is 3.68. The largest absolute Gasteiger partial charge is 0.491 e. The van der Waals surface area contributed by atoms with Crippen LogP contribution < -0.4 is 16.2 Å². The molecule has 34 heavy (non-hydrogen) atoms. The van der Waals surface area contributed by atoms with E-state index in [9.17, 15) is 14.7 Å². The number of amides is 1. The van der Waals surface area contributed by atoms with Gasteiger partial charge in [-0.15, -0.1) is 0 Å². The molecule has 0 spiro atoms. The van der Waals surface area contributed by atoms with Crippen molar-refractivity contribution in [2.24, 2.45) is 22.4 Å². The molecule has 1 saturated heterocycles. The van der Waals surface area contributed by atoms with E-state index >= 15 is 0 Å². The number of benzene rings is 2. The first kappa shape index (κ1) is 25.1. The van der Waals surface area contributed by atoms with Crippen LogP contribution in [0, 0.1) is 5.92 Å². The third kappa shape index (κ3) is 7.79. The molecule has 1 fully saturated rings. The van der Waals surface area contributed by atoms with Crippen molar-refractivity contribution >= 4 is 17.8 Å². The average molecular weight is 467 g/mol. The summed E-state index contributed by atoms with van der Waals surface area (Å²) < 4.78 is 6.06. The molecule has 1 aliphatic rings. The molecule has 0 saturated carbocycles. The number of likely N-dealkylation sites (tertiary alicyclic amines) is 1. The summed E-state index contributed by atoms with van der Waals surface area (Å²) >= 11 is 0. The SMILES string of the molecule is NC(N)=NCCCc1cccc(OC[C@@H]2C[C@@H](CC(=O)O)C(=O)N2CCCc2ccccc2)c1. The summed E-state index contributed by atoms with van der Waals surface area (Å²) in [6, 6.07) is 17.8. The van der Waals surface area contributed by atoms with E-state index < -0.39 is 11.9 Å². The fraction of sp³-hybridized carbons (Fsp3) is 0.423. The summed E-state index contributed by atoms with van der Waals surface area (Å²) in [5.41, 5.74) is 13.1. The zero-order chi connectivity index (χ0) is 24.3. The number of aliphatic imine (C=N–C) groups is 1. The highest BCUT2D eigenvalue weighted by atomic mass is 16.5. The number of ether oxygens (including phenoxy) is 1. The minimum Gasteiger partial charge on any atom is -0.491 e. The first-order chi connectivity index (χ1) is 16.4. The molecule has 0 unspecified atom stereocenters. The second-order valence-electron chi connectivity index (χ2n) is 8.67. The fourth-order valence-electron chi connectivity index (χ4n) is 4.38. The third-order valence-electron chi connectivity index (χ3n) is 6.02. The van der Waals surface area contributed by atoms with Gasteiger partial charge in [-0.1, -0.05) is 42.5 Å². The van der Waals surface area contributed by atoms with E-state index in [4.69, 9.17) is 16.2 Å². The zero-order valence-corrected chi connectivity index (χ0v) is 19.4. The molecule has 2 aromatic carbocycles. The lowest BCUT2D eigenvalue weighted by Crippen LogP contribution is -2.38. The van der Waals surface area contributed by atoms with Gasteiger partial charge < -0.3 is 26.2 Å². The van der Waals surface area contributed by atoms with Gasteiger partial charge in [0, 0.05) is 13.1 Å². The predicted octanol–water partition coefficient (Wildman–Crippen LogP) is 2.60. The second kappa shape index (κ2) is 12.6. The van der Waals surface area contributed by atoms with Gasteiger partial charge in [-0.05, 0) is 55.4 Å². The molecule has 3 rings (SSSR count). The minimum absolute atomic E-state index is 0.0856. The van der Waals surface area contributed by atoms with E-state index in [1.165, 1.54) is 5.56 Å². The van der Waals surface area contributed by atoms with Crippen LogP contribution in [0.15, 0.2) is 59.6 Å². The van der Waals surface area contributed by atoms with Gasteiger partial charge in [0.15, 0.2) is 5.96 Å². The summed E-state index contributed by atoms with van der Waals surface area (Å²) in [7, 11) is 0. The van der Waals surface area contributed by atoms with Crippen molar-refractivity contribution in [2.75, 3.05) is 19.7 Å². The van der Waals surface area contributed by atoms with Crippen molar-refractivity contribution in [2.45, 2.75) is 44.6 Å². The number of nitrogens with zero attached hydrogens (tertiary/aromatic N) is 2. The number of nitrogens with two attached hydrogens (primary N) is 2. The molecule has 8 heteroatoms. The molecule has 0 bridgehead atoms. The first-order valence-corrected chi connectivity index (χ1v) is 11.8. The van der Waals surface area contributed by atoms with Gasteiger partial charge in [-0.3, -0.25) is 14.6 Å². The van der Waals surface area contributed by atoms with Crippen LogP contribution in [0.4, 0.5) is 0 Å². The van der Waals surface area contributed by atoms with Crippen LogP contribution in [0.1, 0.15) is 36.8 Å². The van der Waals surface area contributed by atoms with Crippen LogP contribution >= 0.6 is 0 Å². The van der Waals surface area contributed by atoms with Crippen molar-refractivity contribution in [3.8, 4) is 5.75 Å². The topological polar surface area (TPSA) is 131 Å². The number of hydrogen-bond donors (Lipinski definition) is 3. The monoisotopic (exact) mass is 466 g/mol. The molecule has 5 N–H and O–H groups in total.